The summed E-state index contributed by atoms with van der Waals surface area (Å²) >= 11 is 0. The first-order chi connectivity index (χ1) is 6.89. The maximum Gasteiger partial charge on any atom is 0.0450 e. The molecule has 0 spiro atoms. The van der Waals surface area contributed by atoms with Gasteiger partial charge < -0.3 is 9.90 Å². The fraction of sp³-hybridized carbons (Fsp3) is 0.923. The van der Waals surface area contributed by atoms with Gasteiger partial charge in [-0.15, -0.1) is 0 Å². The summed E-state index contributed by atoms with van der Waals surface area (Å²) in [4.78, 5) is 11.0. The summed E-state index contributed by atoms with van der Waals surface area (Å²) in [5, 5.41) is 11.0. The first-order valence-electron chi connectivity index (χ1n) is 6.10. The topological polar surface area (TPSA) is 40.1 Å². The van der Waals surface area contributed by atoms with Crippen molar-refractivity contribution in [3.05, 3.63) is 0 Å². The van der Waals surface area contributed by atoms with E-state index in [-0.39, 0.29) is 11.3 Å². The number of unbranched alkanes of at least 4 members (excludes halogenated alkanes) is 4. The molecule has 0 rings (SSSR count). The third-order valence-electron chi connectivity index (χ3n) is 2.93. The van der Waals surface area contributed by atoms with Gasteiger partial charge in [-0.3, -0.25) is 0 Å². The molecule has 0 aliphatic carbocycles. The number of carbonyl (C=O) groups excluding carboxylic acids is 1. The van der Waals surface area contributed by atoms with Gasteiger partial charge in [0.2, 0.25) is 0 Å². The molecule has 15 heavy (non-hydrogen) atoms. The highest BCUT2D eigenvalue weighted by Gasteiger charge is 2.24. The average molecular weight is 213 g/mol. The molecule has 0 aromatic heterocycles. The van der Waals surface area contributed by atoms with E-state index in [0.29, 0.717) is 0 Å². The van der Waals surface area contributed by atoms with Crippen LogP contribution in [0.3, 0.4) is 0 Å². The van der Waals surface area contributed by atoms with Crippen LogP contribution in [0.25, 0.3) is 0 Å². The second-order valence-corrected chi connectivity index (χ2v) is 5.44. The van der Waals surface area contributed by atoms with Crippen molar-refractivity contribution >= 4 is 5.97 Å². The van der Waals surface area contributed by atoms with Gasteiger partial charge in [-0.05, 0) is 11.8 Å². The first kappa shape index (κ1) is 14.5. The lowest BCUT2D eigenvalue weighted by molar-refractivity contribution is -0.315. The summed E-state index contributed by atoms with van der Waals surface area (Å²) in [7, 11) is 0. The van der Waals surface area contributed by atoms with E-state index >= 15 is 0 Å². The first-order valence-corrected chi connectivity index (χ1v) is 6.10. The molecule has 90 valence electrons. The van der Waals surface area contributed by atoms with Crippen LogP contribution in [0.4, 0.5) is 0 Å². The number of hydrogen-bond acceptors (Lipinski definition) is 2. The zero-order valence-electron chi connectivity index (χ0n) is 10.6. The summed E-state index contributed by atoms with van der Waals surface area (Å²) in [6.07, 6.45) is 6.62. The van der Waals surface area contributed by atoms with Gasteiger partial charge in [0.05, 0.1) is 0 Å². The van der Waals surface area contributed by atoms with Crippen molar-refractivity contribution in [1.82, 2.24) is 0 Å². The maximum absolute atomic E-state index is 11.0. The number of carboxylic acids is 1. The molecule has 0 aromatic carbocycles. The van der Waals surface area contributed by atoms with E-state index in [9.17, 15) is 9.90 Å². The lowest BCUT2D eigenvalue weighted by Gasteiger charge is -2.31. The van der Waals surface area contributed by atoms with E-state index < -0.39 is 5.97 Å². The highest BCUT2D eigenvalue weighted by Crippen LogP contribution is 2.29. The van der Waals surface area contributed by atoms with Crippen molar-refractivity contribution < 1.29 is 9.90 Å². The number of carboxylic acid groups (broad SMARTS) is 1. The molecule has 0 saturated heterocycles. The Morgan fingerprint density at radius 2 is 1.67 bits per heavy atom. The normalized spacial score (nSPS) is 13.9. The zero-order valence-corrected chi connectivity index (χ0v) is 10.6. The predicted octanol–water partition coefficient (Wildman–Crippen LogP) is 2.76. The summed E-state index contributed by atoms with van der Waals surface area (Å²) in [5.74, 6) is -1.20. The highest BCUT2D eigenvalue weighted by molar-refractivity contribution is 5.68. The minimum absolute atomic E-state index is 0.177. The third kappa shape index (κ3) is 6.53. The van der Waals surface area contributed by atoms with Crippen LogP contribution >= 0.6 is 0 Å². The van der Waals surface area contributed by atoms with Gasteiger partial charge in [-0.1, -0.05) is 59.8 Å². The molecule has 0 aliphatic heterocycles. The van der Waals surface area contributed by atoms with Crippen molar-refractivity contribution in [2.75, 3.05) is 0 Å². The summed E-state index contributed by atoms with van der Waals surface area (Å²) in [6, 6.07) is 0. The number of carbonyl (C=O) groups is 1. The molecule has 2 nitrogen and oxygen atoms in total. The summed E-state index contributed by atoms with van der Waals surface area (Å²) < 4.78 is 0. The lowest BCUT2D eigenvalue weighted by atomic mass is 9.78. The Bertz CT molecular complexity index is 179. The Morgan fingerprint density at radius 3 is 2.07 bits per heavy atom. The van der Waals surface area contributed by atoms with E-state index in [2.05, 4.69) is 6.92 Å². The van der Waals surface area contributed by atoms with Crippen molar-refractivity contribution in [2.45, 2.75) is 66.2 Å². The molecule has 0 bridgehead atoms. The Balaban J connectivity index is 3.84. The van der Waals surface area contributed by atoms with Crippen molar-refractivity contribution in [3.63, 3.8) is 0 Å². The standard InChI is InChI=1S/C13H26O2/c1-5-6-7-8-9-10-11(12(14)15)13(2,3)4/h11H,5-10H2,1-4H3,(H,14,15)/p-1. The molecule has 1 atom stereocenters. The minimum Gasteiger partial charge on any atom is -0.550 e. The smallest absolute Gasteiger partial charge is 0.0450 e. The Labute approximate surface area is 94.1 Å². The summed E-state index contributed by atoms with van der Waals surface area (Å²) in [5.41, 5.74) is -0.177. The molecule has 2 heteroatoms. The highest BCUT2D eigenvalue weighted by atomic mass is 16.4. The molecule has 0 heterocycles. The average Bonchev–Trinajstić information content (AvgIpc) is 2.08. The number of rotatable bonds is 7. The molecule has 0 fully saturated rings. The van der Waals surface area contributed by atoms with E-state index in [0.717, 1.165) is 19.3 Å². The number of aliphatic carboxylic acids is 1. The molecule has 0 N–H and O–H groups in total. The van der Waals surface area contributed by atoms with Gasteiger partial charge in [0.25, 0.3) is 0 Å². The molecule has 0 radical (unpaired) electrons. The lowest BCUT2D eigenvalue weighted by Crippen LogP contribution is -2.38. The summed E-state index contributed by atoms with van der Waals surface area (Å²) in [6.45, 7) is 8.09. The largest absolute Gasteiger partial charge is 0.550 e. The molecule has 0 saturated carbocycles. The van der Waals surface area contributed by atoms with Gasteiger partial charge >= 0.3 is 0 Å². The molecule has 0 aromatic rings. The molecular formula is C13H25O2-. The second kappa shape index (κ2) is 6.86. The van der Waals surface area contributed by atoms with E-state index in [4.69, 9.17) is 0 Å². The molecule has 1 unspecified atom stereocenters. The minimum atomic E-state index is -0.891. The number of hydrogen-bond donors (Lipinski definition) is 0. The predicted molar refractivity (Wildman–Crippen MR) is 61.3 cm³/mol. The van der Waals surface area contributed by atoms with Gasteiger partial charge in [-0.25, -0.2) is 0 Å². The van der Waals surface area contributed by atoms with Crippen LogP contribution in [0.1, 0.15) is 66.2 Å². The van der Waals surface area contributed by atoms with Crippen LogP contribution in [0.5, 0.6) is 0 Å². The maximum atomic E-state index is 11.0. The molecule has 0 aliphatic rings. The molecule has 0 amide bonds. The fourth-order valence-corrected chi connectivity index (χ4v) is 1.86. The Morgan fingerprint density at radius 1 is 1.13 bits per heavy atom. The monoisotopic (exact) mass is 213 g/mol. The van der Waals surface area contributed by atoms with Crippen LogP contribution in [-0.4, -0.2) is 5.97 Å². The molecular weight excluding hydrogens is 188 g/mol. The van der Waals surface area contributed by atoms with Crippen molar-refractivity contribution in [2.24, 2.45) is 11.3 Å². The fourth-order valence-electron chi connectivity index (χ4n) is 1.86. The Kier molecular flexibility index (Phi) is 6.62. The van der Waals surface area contributed by atoms with Gasteiger partial charge in [0.15, 0.2) is 0 Å². The van der Waals surface area contributed by atoms with Crippen LogP contribution in [0.2, 0.25) is 0 Å². The van der Waals surface area contributed by atoms with E-state index in [1.54, 1.807) is 0 Å². The van der Waals surface area contributed by atoms with Crippen LogP contribution in [-0.2, 0) is 4.79 Å². The van der Waals surface area contributed by atoms with Gasteiger partial charge in [0, 0.05) is 11.9 Å². The zero-order chi connectivity index (χ0) is 11.9. The van der Waals surface area contributed by atoms with Crippen LogP contribution in [0.15, 0.2) is 0 Å². The van der Waals surface area contributed by atoms with E-state index in [1.807, 2.05) is 20.8 Å². The quantitative estimate of drug-likeness (QED) is 0.610. The third-order valence-corrected chi connectivity index (χ3v) is 2.93. The second-order valence-electron chi connectivity index (χ2n) is 5.44. The van der Waals surface area contributed by atoms with Gasteiger partial charge in [-0.2, -0.15) is 0 Å². The van der Waals surface area contributed by atoms with Gasteiger partial charge in [0.1, 0.15) is 0 Å². The SMILES string of the molecule is CCCCCCCC(C(=O)[O-])C(C)(C)C. The Hall–Kier alpha value is -0.530. The van der Waals surface area contributed by atoms with Crippen molar-refractivity contribution in [3.8, 4) is 0 Å². The van der Waals surface area contributed by atoms with E-state index in [1.165, 1.54) is 19.3 Å². The van der Waals surface area contributed by atoms with Crippen LogP contribution in [0, 0.1) is 11.3 Å². The van der Waals surface area contributed by atoms with Crippen LogP contribution < -0.4 is 5.11 Å². The van der Waals surface area contributed by atoms with Crippen molar-refractivity contribution in [1.29, 1.82) is 0 Å².